The Kier molecular flexibility index (Phi) is 5.98. The van der Waals surface area contributed by atoms with Gasteiger partial charge in [0.15, 0.2) is 0 Å². The van der Waals surface area contributed by atoms with Crippen LogP contribution in [-0.2, 0) is 22.6 Å². The van der Waals surface area contributed by atoms with Gasteiger partial charge in [-0.2, -0.15) is 0 Å². The highest BCUT2D eigenvalue weighted by atomic mass is 16.5. The molecule has 1 aliphatic heterocycles. The molecule has 0 saturated carbocycles. The van der Waals surface area contributed by atoms with E-state index in [0.717, 1.165) is 30.8 Å². The van der Waals surface area contributed by atoms with Crippen LogP contribution in [-0.4, -0.2) is 61.6 Å². The summed E-state index contributed by atoms with van der Waals surface area (Å²) in [7, 11) is 2.68. The van der Waals surface area contributed by atoms with Gasteiger partial charge in [-0.15, -0.1) is 0 Å². The molecule has 0 unspecified atom stereocenters. The van der Waals surface area contributed by atoms with E-state index in [9.17, 15) is 9.59 Å². The molecule has 0 radical (unpaired) electrons. The van der Waals surface area contributed by atoms with Crippen molar-refractivity contribution in [1.82, 2.24) is 9.80 Å². The Labute approximate surface area is 157 Å². The summed E-state index contributed by atoms with van der Waals surface area (Å²) in [5.74, 6) is -0.407. The number of hydrogen-bond acceptors (Lipinski definition) is 8. The van der Waals surface area contributed by atoms with E-state index in [1.54, 1.807) is 12.1 Å². The van der Waals surface area contributed by atoms with Crippen molar-refractivity contribution < 1.29 is 27.9 Å². The second-order valence-electron chi connectivity index (χ2n) is 6.59. The average molecular weight is 376 g/mol. The lowest BCUT2D eigenvalue weighted by atomic mass is 10.1. The number of furan rings is 2. The molecule has 1 fully saturated rings. The van der Waals surface area contributed by atoms with Gasteiger partial charge in [-0.05, 0) is 19.1 Å². The summed E-state index contributed by atoms with van der Waals surface area (Å²) in [5, 5.41) is 0. The molecule has 0 spiro atoms. The van der Waals surface area contributed by atoms with Gasteiger partial charge in [0, 0.05) is 49.9 Å². The zero-order valence-corrected chi connectivity index (χ0v) is 15.8. The van der Waals surface area contributed by atoms with Gasteiger partial charge in [0.1, 0.15) is 0 Å². The van der Waals surface area contributed by atoms with Crippen LogP contribution in [0.2, 0.25) is 0 Å². The number of nitrogens with zero attached hydrogens (tertiary/aromatic N) is 2. The first kappa shape index (κ1) is 19.2. The van der Waals surface area contributed by atoms with Gasteiger partial charge < -0.3 is 18.3 Å². The fraction of sp³-hybridized carbons (Fsp3) is 0.474. The third-order valence-electron chi connectivity index (χ3n) is 4.85. The summed E-state index contributed by atoms with van der Waals surface area (Å²) in [5.41, 5.74) is 1.65. The summed E-state index contributed by atoms with van der Waals surface area (Å²) in [4.78, 5) is 28.1. The SMILES string of the molecule is COC(=O)c1occc1CN1CCN(Cc2ccoc2C(=O)OC)[C@H](C)C1. The molecule has 2 aromatic heterocycles. The molecule has 0 amide bonds. The zero-order chi connectivity index (χ0) is 19.4. The van der Waals surface area contributed by atoms with Crippen LogP contribution in [0.5, 0.6) is 0 Å². The molecule has 3 heterocycles. The van der Waals surface area contributed by atoms with Crippen molar-refractivity contribution in [3.05, 3.63) is 47.3 Å². The van der Waals surface area contributed by atoms with E-state index in [0.29, 0.717) is 13.1 Å². The summed E-state index contributed by atoms with van der Waals surface area (Å²) in [6.07, 6.45) is 3.02. The molecule has 27 heavy (non-hydrogen) atoms. The van der Waals surface area contributed by atoms with Crippen molar-refractivity contribution in [2.45, 2.75) is 26.1 Å². The minimum Gasteiger partial charge on any atom is -0.463 e. The van der Waals surface area contributed by atoms with Gasteiger partial charge in [0.05, 0.1) is 26.7 Å². The lowest BCUT2D eigenvalue weighted by molar-refractivity contribution is 0.0533. The number of carbonyl (C=O) groups excluding carboxylic acids is 2. The van der Waals surface area contributed by atoms with Crippen molar-refractivity contribution in [3.8, 4) is 0 Å². The van der Waals surface area contributed by atoms with Gasteiger partial charge in [0.2, 0.25) is 11.5 Å². The quantitative estimate of drug-likeness (QED) is 0.709. The highest BCUT2D eigenvalue weighted by Gasteiger charge is 2.27. The number of rotatable bonds is 6. The first-order valence-corrected chi connectivity index (χ1v) is 8.79. The lowest BCUT2D eigenvalue weighted by Crippen LogP contribution is -2.51. The second kappa shape index (κ2) is 8.41. The lowest BCUT2D eigenvalue weighted by Gasteiger charge is -2.39. The Morgan fingerprint density at radius 2 is 1.56 bits per heavy atom. The van der Waals surface area contributed by atoms with Crippen molar-refractivity contribution >= 4 is 11.9 Å². The number of methoxy groups -OCH3 is 2. The standard InChI is InChI=1S/C19H24N2O6/c1-13-10-20(11-14-4-8-26-16(14)18(22)24-2)6-7-21(13)12-15-5-9-27-17(15)19(23)25-3/h4-5,8-9,13H,6-7,10-12H2,1-3H3/t13-/m1/s1. The van der Waals surface area contributed by atoms with E-state index in [2.05, 4.69) is 16.7 Å². The number of hydrogen-bond donors (Lipinski definition) is 0. The third-order valence-corrected chi connectivity index (χ3v) is 4.85. The molecular weight excluding hydrogens is 352 g/mol. The van der Waals surface area contributed by atoms with Crippen LogP contribution in [0.4, 0.5) is 0 Å². The van der Waals surface area contributed by atoms with E-state index in [1.165, 1.54) is 26.7 Å². The van der Waals surface area contributed by atoms with Crippen LogP contribution in [0, 0.1) is 0 Å². The molecule has 8 heteroatoms. The van der Waals surface area contributed by atoms with E-state index in [4.69, 9.17) is 18.3 Å². The van der Waals surface area contributed by atoms with Crippen LogP contribution in [0.1, 0.15) is 39.2 Å². The third kappa shape index (κ3) is 4.23. The molecule has 1 atom stereocenters. The van der Waals surface area contributed by atoms with Crippen molar-refractivity contribution in [3.63, 3.8) is 0 Å². The summed E-state index contributed by atoms with van der Waals surface area (Å²) >= 11 is 0. The predicted octanol–water partition coefficient (Wildman–Crippen LogP) is 2.15. The Morgan fingerprint density at radius 3 is 2.07 bits per heavy atom. The van der Waals surface area contributed by atoms with E-state index in [-0.39, 0.29) is 17.6 Å². The van der Waals surface area contributed by atoms with Crippen LogP contribution >= 0.6 is 0 Å². The average Bonchev–Trinajstić information content (AvgIpc) is 3.32. The molecule has 1 saturated heterocycles. The van der Waals surface area contributed by atoms with E-state index in [1.807, 2.05) is 0 Å². The monoisotopic (exact) mass is 376 g/mol. The fourth-order valence-corrected chi connectivity index (χ4v) is 3.37. The Balaban J connectivity index is 1.60. The van der Waals surface area contributed by atoms with Gasteiger partial charge in [-0.25, -0.2) is 9.59 Å². The molecule has 0 bridgehead atoms. The first-order chi connectivity index (χ1) is 13.0. The maximum absolute atomic E-state index is 11.8. The maximum Gasteiger partial charge on any atom is 0.374 e. The van der Waals surface area contributed by atoms with Crippen molar-refractivity contribution in [2.24, 2.45) is 0 Å². The normalized spacial score (nSPS) is 18.4. The van der Waals surface area contributed by atoms with Crippen molar-refractivity contribution in [2.75, 3.05) is 33.9 Å². The number of esters is 2. The van der Waals surface area contributed by atoms with Crippen LogP contribution in [0.25, 0.3) is 0 Å². The smallest absolute Gasteiger partial charge is 0.374 e. The predicted molar refractivity (Wildman–Crippen MR) is 95.2 cm³/mol. The van der Waals surface area contributed by atoms with Crippen LogP contribution in [0.15, 0.2) is 33.5 Å². The minimum atomic E-state index is -0.461. The van der Waals surface area contributed by atoms with Crippen LogP contribution in [0.3, 0.4) is 0 Å². The van der Waals surface area contributed by atoms with Gasteiger partial charge in [0.25, 0.3) is 0 Å². The number of carbonyl (C=O) groups is 2. The fourth-order valence-electron chi connectivity index (χ4n) is 3.37. The number of piperazine rings is 1. The maximum atomic E-state index is 11.8. The van der Waals surface area contributed by atoms with Gasteiger partial charge in [-0.1, -0.05) is 0 Å². The van der Waals surface area contributed by atoms with E-state index < -0.39 is 11.9 Å². The van der Waals surface area contributed by atoms with Gasteiger partial charge >= 0.3 is 11.9 Å². The molecule has 2 aromatic rings. The molecule has 1 aliphatic rings. The second-order valence-corrected chi connectivity index (χ2v) is 6.59. The van der Waals surface area contributed by atoms with E-state index >= 15 is 0 Å². The highest BCUT2D eigenvalue weighted by Crippen LogP contribution is 2.21. The zero-order valence-electron chi connectivity index (χ0n) is 15.8. The molecular formula is C19H24N2O6. The topological polar surface area (TPSA) is 85.4 Å². The minimum absolute atomic E-state index is 0.258. The Morgan fingerprint density at radius 1 is 1.00 bits per heavy atom. The molecule has 0 N–H and O–H groups in total. The van der Waals surface area contributed by atoms with Crippen LogP contribution < -0.4 is 0 Å². The molecule has 146 valence electrons. The molecule has 0 aliphatic carbocycles. The Bertz CT molecular complexity index is 796. The summed E-state index contributed by atoms with van der Waals surface area (Å²) in [6, 6.07) is 3.88. The van der Waals surface area contributed by atoms with Crippen molar-refractivity contribution in [1.29, 1.82) is 0 Å². The highest BCUT2D eigenvalue weighted by molar-refractivity contribution is 5.88. The Hall–Kier alpha value is -2.58. The largest absolute Gasteiger partial charge is 0.463 e. The summed E-state index contributed by atoms with van der Waals surface area (Å²) in [6.45, 7) is 5.88. The molecule has 0 aromatic carbocycles. The molecule has 3 rings (SSSR count). The first-order valence-electron chi connectivity index (χ1n) is 8.79. The molecule has 8 nitrogen and oxygen atoms in total. The summed E-state index contributed by atoms with van der Waals surface area (Å²) < 4.78 is 20.0. The van der Waals surface area contributed by atoms with Gasteiger partial charge in [-0.3, -0.25) is 9.80 Å². The number of ether oxygens (including phenoxy) is 2.